The largest absolute Gasteiger partial charge is 0.466 e. The Bertz CT molecular complexity index is 920. The molecule has 0 aliphatic rings. The maximum absolute atomic E-state index is 12.2. The zero-order chi connectivity index (χ0) is 28.9. The third kappa shape index (κ3) is 12.0. The van der Waals surface area contributed by atoms with Crippen LogP contribution in [0.2, 0.25) is 5.04 Å². The molecule has 3 nitrogen and oxygen atoms in total. The van der Waals surface area contributed by atoms with Crippen molar-refractivity contribution >= 4 is 24.7 Å². The van der Waals surface area contributed by atoms with Gasteiger partial charge in [-0.1, -0.05) is 139 Å². The molecule has 0 radical (unpaired) electrons. The zero-order valence-corrected chi connectivity index (χ0v) is 26.6. The number of hydrogen-bond donors (Lipinski definition) is 0. The van der Waals surface area contributed by atoms with Crippen LogP contribution in [-0.4, -0.2) is 27.5 Å². The van der Waals surface area contributed by atoms with Crippen molar-refractivity contribution in [3.8, 4) is 12.3 Å². The van der Waals surface area contributed by atoms with Gasteiger partial charge >= 0.3 is 5.97 Å². The number of esters is 1. The number of hydrogen-bond acceptors (Lipinski definition) is 3. The first-order valence-corrected chi connectivity index (χ1v) is 17.7. The molecule has 0 saturated heterocycles. The second-order valence-electron chi connectivity index (χ2n) is 12.0. The van der Waals surface area contributed by atoms with Crippen LogP contribution in [0.15, 0.2) is 60.7 Å². The van der Waals surface area contributed by atoms with Gasteiger partial charge in [0.1, 0.15) is 0 Å². The van der Waals surface area contributed by atoms with E-state index in [4.69, 9.17) is 15.6 Å². The van der Waals surface area contributed by atoms with Crippen molar-refractivity contribution in [3.05, 3.63) is 60.7 Å². The minimum atomic E-state index is -2.47. The van der Waals surface area contributed by atoms with Crippen molar-refractivity contribution in [2.45, 2.75) is 122 Å². The predicted octanol–water partition coefficient (Wildman–Crippen LogP) is 8.59. The summed E-state index contributed by atoms with van der Waals surface area (Å²) in [6.07, 6.45) is 21.8. The summed E-state index contributed by atoms with van der Waals surface area (Å²) in [4.78, 5) is 12.2. The summed E-state index contributed by atoms with van der Waals surface area (Å²) < 4.78 is 12.4. The lowest BCUT2D eigenvalue weighted by Gasteiger charge is -2.43. The van der Waals surface area contributed by atoms with E-state index in [2.05, 4.69) is 87.4 Å². The maximum atomic E-state index is 12.2. The molecule has 0 spiro atoms. The normalized spacial score (nSPS) is 11.8. The van der Waals surface area contributed by atoms with Crippen LogP contribution in [0.5, 0.6) is 0 Å². The average molecular weight is 563 g/mol. The molecule has 0 amide bonds. The van der Waals surface area contributed by atoms with Crippen molar-refractivity contribution in [1.29, 1.82) is 0 Å². The fourth-order valence-electron chi connectivity index (χ4n) is 5.54. The molecule has 220 valence electrons. The number of carbonyl (C=O) groups excluding carboxylic acids is 1. The van der Waals surface area contributed by atoms with Crippen LogP contribution in [0.25, 0.3) is 0 Å². The molecule has 0 unspecified atom stereocenters. The first kappa shape index (κ1) is 33.9. The summed E-state index contributed by atoms with van der Waals surface area (Å²) >= 11 is 0. The lowest BCUT2D eigenvalue weighted by molar-refractivity contribution is -0.143. The minimum Gasteiger partial charge on any atom is -0.466 e. The molecule has 0 N–H and O–H groups in total. The Morgan fingerprint density at radius 1 is 0.675 bits per heavy atom. The molecule has 0 bridgehead atoms. The summed E-state index contributed by atoms with van der Waals surface area (Å²) in [6.45, 7) is 8.18. The third-order valence-corrected chi connectivity index (χ3v) is 12.8. The van der Waals surface area contributed by atoms with Crippen LogP contribution in [-0.2, 0) is 14.0 Å². The van der Waals surface area contributed by atoms with E-state index in [1.165, 1.54) is 61.7 Å². The van der Waals surface area contributed by atoms with Gasteiger partial charge in [0.15, 0.2) is 0 Å². The topological polar surface area (TPSA) is 35.5 Å². The summed E-state index contributed by atoms with van der Waals surface area (Å²) in [7, 11) is -2.47. The number of ether oxygens (including phenoxy) is 1. The summed E-state index contributed by atoms with van der Waals surface area (Å²) in [5.41, 5.74) is 0. The molecule has 2 rings (SSSR count). The van der Waals surface area contributed by atoms with E-state index in [1.807, 2.05) is 0 Å². The van der Waals surface area contributed by atoms with Gasteiger partial charge in [-0.25, -0.2) is 0 Å². The summed E-state index contributed by atoms with van der Waals surface area (Å²) in [5, 5.41) is 2.61. The van der Waals surface area contributed by atoms with Gasteiger partial charge in [-0.3, -0.25) is 4.79 Å². The van der Waals surface area contributed by atoms with Crippen molar-refractivity contribution in [3.63, 3.8) is 0 Å². The van der Waals surface area contributed by atoms with E-state index >= 15 is 0 Å². The van der Waals surface area contributed by atoms with E-state index in [0.29, 0.717) is 19.6 Å². The SMILES string of the molecule is C#CCCCCCCCCCCCCOC(=O)CCCCCO[Si](c1ccccc1)(c1ccccc1)C(C)(C)C. The summed E-state index contributed by atoms with van der Waals surface area (Å²) in [5.74, 6) is 2.65. The van der Waals surface area contributed by atoms with E-state index in [9.17, 15) is 4.79 Å². The second kappa shape index (κ2) is 19.7. The Balaban J connectivity index is 1.61. The number of carbonyl (C=O) groups is 1. The van der Waals surface area contributed by atoms with Crippen molar-refractivity contribution in [1.82, 2.24) is 0 Å². The van der Waals surface area contributed by atoms with E-state index in [-0.39, 0.29) is 11.0 Å². The molecule has 2 aromatic carbocycles. The lowest BCUT2D eigenvalue weighted by Crippen LogP contribution is -2.66. The molecule has 40 heavy (non-hydrogen) atoms. The fraction of sp³-hybridized carbons (Fsp3) is 0.583. The molecule has 0 aliphatic heterocycles. The minimum absolute atomic E-state index is 0.0119. The molecule has 0 aliphatic carbocycles. The molecule has 0 heterocycles. The van der Waals surface area contributed by atoms with Crippen LogP contribution < -0.4 is 10.4 Å². The molecule has 0 saturated carbocycles. The monoisotopic (exact) mass is 562 g/mol. The number of unbranched alkanes of at least 4 members (excludes halogenated alkanes) is 12. The van der Waals surface area contributed by atoms with Crippen molar-refractivity contribution in [2.24, 2.45) is 0 Å². The van der Waals surface area contributed by atoms with Gasteiger partial charge in [-0.2, -0.15) is 0 Å². The average Bonchev–Trinajstić information content (AvgIpc) is 2.95. The van der Waals surface area contributed by atoms with Crippen LogP contribution in [0, 0.1) is 12.3 Å². The van der Waals surface area contributed by atoms with Crippen molar-refractivity contribution in [2.75, 3.05) is 13.2 Å². The molecular weight excluding hydrogens is 508 g/mol. The van der Waals surface area contributed by atoms with Gasteiger partial charge in [0.25, 0.3) is 8.32 Å². The van der Waals surface area contributed by atoms with Gasteiger partial charge in [0, 0.05) is 19.4 Å². The number of terminal acetylenes is 1. The lowest BCUT2D eigenvalue weighted by atomic mass is 10.1. The maximum Gasteiger partial charge on any atom is 0.305 e. The molecular formula is C36H54O3Si. The highest BCUT2D eigenvalue weighted by Crippen LogP contribution is 2.36. The Morgan fingerprint density at radius 2 is 1.12 bits per heavy atom. The predicted molar refractivity (Wildman–Crippen MR) is 173 cm³/mol. The van der Waals surface area contributed by atoms with Gasteiger partial charge in [-0.05, 0) is 41.1 Å². The van der Waals surface area contributed by atoms with Crippen LogP contribution in [0.4, 0.5) is 0 Å². The summed E-state index contributed by atoms with van der Waals surface area (Å²) in [6, 6.07) is 21.5. The molecule has 0 atom stereocenters. The smallest absolute Gasteiger partial charge is 0.305 e. The Morgan fingerprint density at radius 3 is 1.62 bits per heavy atom. The Kier molecular flexibility index (Phi) is 16.7. The second-order valence-corrected chi connectivity index (χ2v) is 16.3. The van der Waals surface area contributed by atoms with Crippen LogP contribution in [0.1, 0.15) is 117 Å². The molecule has 0 fully saturated rings. The van der Waals surface area contributed by atoms with Crippen LogP contribution >= 0.6 is 0 Å². The first-order valence-electron chi connectivity index (χ1n) is 15.8. The molecule has 4 heteroatoms. The van der Waals surface area contributed by atoms with Crippen LogP contribution in [0.3, 0.4) is 0 Å². The molecule has 2 aromatic rings. The first-order chi connectivity index (χ1) is 19.4. The highest BCUT2D eigenvalue weighted by molar-refractivity contribution is 6.99. The number of rotatable bonds is 21. The molecule has 0 aromatic heterocycles. The van der Waals surface area contributed by atoms with E-state index in [0.717, 1.165) is 38.5 Å². The third-order valence-electron chi connectivity index (χ3n) is 7.74. The highest BCUT2D eigenvalue weighted by atomic mass is 28.4. The standard InChI is InChI=1S/C36H54O3Si/c1-5-6-7-8-9-10-11-12-13-14-15-24-31-38-35(37)30-23-18-25-32-39-40(36(2,3)4,33-26-19-16-20-27-33)34-28-21-17-22-29-34/h1,16-17,19-22,26-29H,6-15,18,23-25,30-32H2,2-4H3. The van der Waals surface area contributed by atoms with Gasteiger partial charge in [-0.15, -0.1) is 12.3 Å². The Hall–Kier alpha value is -2.35. The highest BCUT2D eigenvalue weighted by Gasteiger charge is 2.49. The van der Waals surface area contributed by atoms with Gasteiger partial charge in [0.05, 0.1) is 6.61 Å². The number of benzene rings is 2. The zero-order valence-electron chi connectivity index (χ0n) is 25.6. The quantitative estimate of drug-likeness (QED) is 0.0661. The van der Waals surface area contributed by atoms with E-state index in [1.54, 1.807) is 0 Å². The van der Waals surface area contributed by atoms with Gasteiger partial charge in [0.2, 0.25) is 0 Å². The van der Waals surface area contributed by atoms with Crippen molar-refractivity contribution < 1.29 is 14.0 Å². The Labute approximate surface area is 246 Å². The fourth-order valence-corrected chi connectivity index (χ4v) is 10.1. The van der Waals surface area contributed by atoms with Gasteiger partial charge < -0.3 is 9.16 Å². The van der Waals surface area contributed by atoms with E-state index < -0.39 is 8.32 Å².